The van der Waals surface area contributed by atoms with Crippen LogP contribution in [0.4, 0.5) is 10.1 Å². The minimum Gasteiger partial charge on any atom is -0.437 e. The molecule has 3 aromatic rings. The molecule has 1 aliphatic rings. The minimum atomic E-state index is -0.280. The summed E-state index contributed by atoms with van der Waals surface area (Å²) in [6.45, 7) is 1.35. The molecule has 0 radical (unpaired) electrons. The summed E-state index contributed by atoms with van der Waals surface area (Å²) in [5.74, 6) is 0.608. The number of aliphatic hydroxyl groups is 1. The van der Waals surface area contributed by atoms with E-state index in [0.717, 1.165) is 32.8 Å². The SMILES string of the molecule is CO.O=CCCc1ccc2c(c1)CCN(c1cc(Oc3cnccn3)ccc1F)C2. The summed E-state index contributed by atoms with van der Waals surface area (Å²) < 4.78 is 20.2. The molecule has 1 aliphatic heterocycles. The maximum Gasteiger partial charge on any atom is 0.237 e. The van der Waals surface area contributed by atoms with Crippen molar-refractivity contribution in [1.29, 1.82) is 0 Å². The van der Waals surface area contributed by atoms with Gasteiger partial charge in [-0.3, -0.25) is 4.98 Å². The van der Waals surface area contributed by atoms with Crippen molar-refractivity contribution in [3.8, 4) is 11.6 Å². The molecule has 156 valence electrons. The van der Waals surface area contributed by atoms with Gasteiger partial charge in [-0.2, -0.15) is 0 Å². The number of hydrogen-bond donors (Lipinski definition) is 1. The lowest BCUT2D eigenvalue weighted by molar-refractivity contribution is -0.107. The Hall–Kier alpha value is -3.32. The Morgan fingerprint density at radius 3 is 2.80 bits per heavy atom. The number of carbonyl (C=O) groups excluding carboxylic acids is 1. The van der Waals surface area contributed by atoms with Crippen LogP contribution in [0.1, 0.15) is 23.1 Å². The number of carbonyl (C=O) groups is 1. The van der Waals surface area contributed by atoms with Crippen molar-refractivity contribution in [2.24, 2.45) is 0 Å². The lowest BCUT2D eigenvalue weighted by atomic mass is 9.95. The van der Waals surface area contributed by atoms with Gasteiger partial charge in [0.1, 0.15) is 17.9 Å². The summed E-state index contributed by atoms with van der Waals surface area (Å²) in [6.07, 6.45) is 7.70. The third kappa shape index (κ3) is 5.18. The topological polar surface area (TPSA) is 75.5 Å². The van der Waals surface area contributed by atoms with E-state index in [1.807, 2.05) is 4.90 Å². The van der Waals surface area contributed by atoms with Crippen molar-refractivity contribution < 1.29 is 19.0 Å². The van der Waals surface area contributed by atoms with Crippen molar-refractivity contribution in [3.05, 3.63) is 77.5 Å². The van der Waals surface area contributed by atoms with Gasteiger partial charge in [0.2, 0.25) is 5.88 Å². The highest BCUT2D eigenvalue weighted by molar-refractivity contribution is 5.55. The third-order valence-corrected chi connectivity index (χ3v) is 4.85. The Bertz CT molecular complexity index is 983. The second kappa shape index (κ2) is 10.5. The molecule has 1 N–H and O–H groups in total. The molecule has 0 amide bonds. The molecule has 0 saturated heterocycles. The highest BCUT2D eigenvalue weighted by atomic mass is 19.1. The Labute approximate surface area is 175 Å². The maximum atomic E-state index is 14.5. The number of hydrogen-bond acceptors (Lipinski definition) is 6. The molecule has 2 aromatic carbocycles. The number of benzene rings is 2. The summed E-state index contributed by atoms with van der Waals surface area (Å²) in [6, 6.07) is 11.0. The summed E-state index contributed by atoms with van der Waals surface area (Å²) in [4.78, 5) is 20.7. The van der Waals surface area contributed by atoms with Crippen LogP contribution in [0.2, 0.25) is 0 Å². The molecule has 2 heterocycles. The predicted molar refractivity (Wildman–Crippen MR) is 112 cm³/mol. The minimum absolute atomic E-state index is 0.280. The molecule has 0 spiro atoms. The van der Waals surface area contributed by atoms with Crippen molar-refractivity contribution in [3.63, 3.8) is 0 Å². The van der Waals surface area contributed by atoms with Gasteiger partial charge in [0, 0.05) is 45.1 Å². The predicted octanol–water partition coefficient (Wildman–Crippen LogP) is 3.71. The average molecular weight is 409 g/mol. The smallest absolute Gasteiger partial charge is 0.237 e. The Balaban J connectivity index is 0.00000124. The number of anilines is 1. The van der Waals surface area contributed by atoms with Crippen molar-refractivity contribution >= 4 is 12.0 Å². The number of nitrogens with zero attached hydrogens (tertiary/aromatic N) is 3. The van der Waals surface area contributed by atoms with E-state index >= 15 is 0 Å². The fourth-order valence-electron chi connectivity index (χ4n) is 3.45. The zero-order chi connectivity index (χ0) is 21.3. The highest BCUT2D eigenvalue weighted by Gasteiger charge is 2.20. The first-order chi connectivity index (χ1) is 14.7. The summed E-state index contributed by atoms with van der Waals surface area (Å²) in [5.41, 5.74) is 4.13. The van der Waals surface area contributed by atoms with E-state index in [9.17, 15) is 9.18 Å². The first kappa shape index (κ1) is 21.4. The van der Waals surface area contributed by atoms with Crippen LogP contribution in [-0.4, -0.2) is 35.0 Å². The Kier molecular flexibility index (Phi) is 7.45. The van der Waals surface area contributed by atoms with Crippen LogP contribution < -0.4 is 9.64 Å². The number of ether oxygens (including phenoxy) is 1. The van der Waals surface area contributed by atoms with Crippen LogP contribution >= 0.6 is 0 Å². The molecule has 0 fully saturated rings. The monoisotopic (exact) mass is 409 g/mol. The van der Waals surface area contributed by atoms with E-state index in [4.69, 9.17) is 9.84 Å². The van der Waals surface area contributed by atoms with Gasteiger partial charge in [-0.05, 0) is 41.7 Å². The van der Waals surface area contributed by atoms with E-state index in [1.54, 1.807) is 24.5 Å². The lowest BCUT2D eigenvalue weighted by Gasteiger charge is -2.31. The molecule has 0 saturated carbocycles. The van der Waals surface area contributed by atoms with E-state index in [2.05, 4.69) is 28.2 Å². The molecule has 0 atom stereocenters. The highest BCUT2D eigenvalue weighted by Crippen LogP contribution is 2.31. The van der Waals surface area contributed by atoms with Gasteiger partial charge >= 0.3 is 0 Å². The zero-order valence-electron chi connectivity index (χ0n) is 16.8. The van der Waals surface area contributed by atoms with Gasteiger partial charge < -0.3 is 19.5 Å². The van der Waals surface area contributed by atoms with E-state index < -0.39 is 0 Å². The molecule has 7 heteroatoms. The molecule has 0 bridgehead atoms. The molecule has 1 aromatic heterocycles. The van der Waals surface area contributed by atoms with Gasteiger partial charge in [-0.1, -0.05) is 18.2 Å². The molecular formula is C23H24FN3O3. The summed E-state index contributed by atoms with van der Waals surface area (Å²) in [5, 5.41) is 7.00. The molecular weight excluding hydrogens is 385 g/mol. The number of rotatable bonds is 6. The van der Waals surface area contributed by atoms with E-state index in [1.165, 1.54) is 29.0 Å². The van der Waals surface area contributed by atoms with Crippen molar-refractivity contribution in [1.82, 2.24) is 9.97 Å². The number of halogens is 1. The quantitative estimate of drug-likeness (QED) is 0.626. The standard InChI is InChI=1S/C22H20FN3O2.CH4O/c23-20-6-5-19(28-22-14-24-8-9-25-22)13-21(20)26-10-7-17-12-16(2-1-11-27)3-4-18(17)15-26;1-2/h3-6,8-9,11-14H,1-2,7,10,15H2;2H,1H3. The van der Waals surface area contributed by atoms with Crippen LogP contribution in [0.25, 0.3) is 0 Å². The molecule has 0 unspecified atom stereocenters. The summed E-state index contributed by atoms with van der Waals surface area (Å²) >= 11 is 0. The van der Waals surface area contributed by atoms with Crippen LogP contribution in [0.15, 0.2) is 55.0 Å². The maximum absolute atomic E-state index is 14.5. The molecule has 30 heavy (non-hydrogen) atoms. The van der Waals surface area contributed by atoms with Gasteiger partial charge in [-0.25, -0.2) is 9.37 Å². The van der Waals surface area contributed by atoms with Gasteiger partial charge in [0.25, 0.3) is 0 Å². The molecule has 6 nitrogen and oxygen atoms in total. The largest absolute Gasteiger partial charge is 0.437 e. The number of fused-ring (bicyclic) bond motifs is 1. The van der Waals surface area contributed by atoms with Gasteiger partial charge in [-0.15, -0.1) is 0 Å². The second-order valence-electron chi connectivity index (χ2n) is 6.74. The fourth-order valence-corrected chi connectivity index (χ4v) is 3.45. The fraction of sp³-hybridized carbons (Fsp3) is 0.261. The number of aldehydes is 1. The van der Waals surface area contributed by atoms with Crippen molar-refractivity contribution in [2.45, 2.75) is 25.8 Å². The van der Waals surface area contributed by atoms with Crippen LogP contribution in [0.5, 0.6) is 11.6 Å². The van der Waals surface area contributed by atoms with Gasteiger partial charge in [0.15, 0.2) is 0 Å². The Morgan fingerprint density at radius 2 is 2.03 bits per heavy atom. The average Bonchev–Trinajstić information content (AvgIpc) is 2.80. The van der Waals surface area contributed by atoms with Crippen LogP contribution in [-0.2, 0) is 24.2 Å². The zero-order valence-corrected chi connectivity index (χ0v) is 16.8. The Morgan fingerprint density at radius 1 is 1.17 bits per heavy atom. The number of aliphatic hydroxyl groups excluding tert-OH is 1. The van der Waals surface area contributed by atoms with Gasteiger partial charge in [0.05, 0.1) is 11.9 Å². The van der Waals surface area contributed by atoms with Crippen LogP contribution in [0.3, 0.4) is 0 Å². The first-order valence-corrected chi connectivity index (χ1v) is 9.70. The molecule has 4 rings (SSSR count). The normalized spacial score (nSPS) is 12.4. The number of aromatic nitrogens is 2. The first-order valence-electron chi connectivity index (χ1n) is 9.70. The van der Waals surface area contributed by atoms with Crippen LogP contribution in [0, 0.1) is 5.82 Å². The lowest BCUT2D eigenvalue weighted by Crippen LogP contribution is -2.31. The van der Waals surface area contributed by atoms with E-state index in [0.29, 0.717) is 30.3 Å². The van der Waals surface area contributed by atoms with Crippen molar-refractivity contribution in [2.75, 3.05) is 18.6 Å². The number of aryl methyl sites for hydroxylation is 1. The summed E-state index contributed by atoms with van der Waals surface area (Å²) in [7, 11) is 1.00. The van der Waals surface area contributed by atoms with E-state index in [-0.39, 0.29) is 5.82 Å². The third-order valence-electron chi connectivity index (χ3n) is 4.85. The second-order valence-corrected chi connectivity index (χ2v) is 6.74. The molecule has 0 aliphatic carbocycles.